The van der Waals surface area contributed by atoms with Crippen molar-refractivity contribution in [1.82, 2.24) is 15.6 Å². The zero-order chi connectivity index (χ0) is 17.4. The Bertz CT molecular complexity index is 767. The molecule has 2 atom stereocenters. The van der Waals surface area contributed by atoms with Gasteiger partial charge in [-0.15, -0.1) is 11.3 Å². The van der Waals surface area contributed by atoms with Crippen molar-refractivity contribution in [3.8, 4) is 10.4 Å². The van der Waals surface area contributed by atoms with Gasteiger partial charge in [0.1, 0.15) is 0 Å². The standard InChI is InChI=1S/C19H23N3O2S/c1-12-17(25-11-21-12)13-3-5-14(6-4-13)19(7-2-8-19)18(24)22-16-9-15(23)10-20-16/h3-6,11,15-16,20,23H,2,7-10H2,1H3,(H,22,24)/t15-,16+/m1/s1. The molecule has 25 heavy (non-hydrogen) atoms. The van der Waals surface area contributed by atoms with Crippen LogP contribution in [0.4, 0.5) is 0 Å². The Kier molecular flexibility index (Phi) is 4.35. The van der Waals surface area contributed by atoms with Gasteiger partial charge < -0.3 is 10.4 Å². The number of nitrogens with zero attached hydrogens (tertiary/aromatic N) is 1. The Morgan fingerprint density at radius 2 is 2.12 bits per heavy atom. The van der Waals surface area contributed by atoms with Crippen LogP contribution in [0.5, 0.6) is 0 Å². The number of carbonyl (C=O) groups is 1. The highest BCUT2D eigenvalue weighted by Gasteiger charge is 2.46. The molecule has 1 saturated heterocycles. The van der Waals surface area contributed by atoms with Gasteiger partial charge in [0.15, 0.2) is 0 Å². The number of aryl methyl sites for hydroxylation is 1. The smallest absolute Gasteiger partial charge is 0.231 e. The molecule has 1 aliphatic carbocycles. The molecule has 2 aliphatic rings. The maximum atomic E-state index is 12.9. The minimum Gasteiger partial charge on any atom is -0.392 e. The predicted octanol–water partition coefficient (Wildman–Crippen LogP) is 2.34. The van der Waals surface area contributed by atoms with Gasteiger partial charge >= 0.3 is 0 Å². The number of carbonyl (C=O) groups excluding carboxylic acids is 1. The first-order chi connectivity index (χ1) is 12.1. The summed E-state index contributed by atoms with van der Waals surface area (Å²) in [6.07, 6.45) is 2.92. The van der Waals surface area contributed by atoms with Crippen molar-refractivity contribution in [3.63, 3.8) is 0 Å². The first-order valence-corrected chi connectivity index (χ1v) is 9.70. The van der Waals surface area contributed by atoms with Crippen LogP contribution in [-0.4, -0.2) is 34.8 Å². The normalized spacial score (nSPS) is 24.7. The molecule has 1 saturated carbocycles. The van der Waals surface area contributed by atoms with E-state index in [1.165, 1.54) is 4.88 Å². The number of aromatic nitrogens is 1. The van der Waals surface area contributed by atoms with Crippen molar-refractivity contribution in [2.45, 2.75) is 50.3 Å². The van der Waals surface area contributed by atoms with E-state index < -0.39 is 5.41 Å². The predicted molar refractivity (Wildman–Crippen MR) is 98.4 cm³/mol. The van der Waals surface area contributed by atoms with E-state index in [0.29, 0.717) is 13.0 Å². The number of amides is 1. The van der Waals surface area contributed by atoms with E-state index in [0.717, 1.165) is 36.1 Å². The summed E-state index contributed by atoms with van der Waals surface area (Å²) < 4.78 is 0. The summed E-state index contributed by atoms with van der Waals surface area (Å²) in [5.74, 6) is 0.0760. The average Bonchev–Trinajstić information content (AvgIpc) is 3.15. The van der Waals surface area contributed by atoms with Crippen LogP contribution in [0.2, 0.25) is 0 Å². The van der Waals surface area contributed by atoms with Crippen molar-refractivity contribution in [2.24, 2.45) is 0 Å². The monoisotopic (exact) mass is 357 g/mol. The molecule has 6 heteroatoms. The second kappa shape index (κ2) is 6.52. The van der Waals surface area contributed by atoms with Gasteiger partial charge in [-0.1, -0.05) is 30.7 Å². The molecule has 1 amide bonds. The van der Waals surface area contributed by atoms with Crippen LogP contribution in [0.25, 0.3) is 10.4 Å². The lowest BCUT2D eigenvalue weighted by Gasteiger charge is -2.41. The summed E-state index contributed by atoms with van der Waals surface area (Å²) in [5, 5.41) is 15.9. The van der Waals surface area contributed by atoms with E-state index in [1.54, 1.807) is 11.3 Å². The molecule has 1 aliphatic heterocycles. The van der Waals surface area contributed by atoms with Crippen LogP contribution in [0.15, 0.2) is 29.8 Å². The number of thiazole rings is 1. The first kappa shape index (κ1) is 16.7. The van der Waals surface area contributed by atoms with Crippen molar-refractivity contribution in [1.29, 1.82) is 0 Å². The lowest BCUT2D eigenvalue weighted by molar-refractivity contribution is -0.130. The van der Waals surface area contributed by atoms with E-state index >= 15 is 0 Å². The average molecular weight is 357 g/mol. The van der Waals surface area contributed by atoms with E-state index in [-0.39, 0.29) is 18.2 Å². The molecule has 2 aromatic rings. The number of aliphatic hydroxyl groups excluding tert-OH is 1. The number of rotatable bonds is 4. The molecule has 2 heterocycles. The summed E-state index contributed by atoms with van der Waals surface area (Å²) in [6.45, 7) is 2.56. The fourth-order valence-corrected chi connectivity index (χ4v) is 4.63. The van der Waals surface area contributed by atoms with Crippen molar-refractivity contribution in [3.05, 3.63) is 41.0 Å². The topological polar surface area (TPSA) is 74.2 Å². The Morgan fingerprint density at radius 3 is 2.64 bits per heavy atom. The van der Waals surface area contributed by atoms with Crippen LogP contribution < -0.4 is 10.6 Å². The summed E-state index contributed by atoms with van der Waals surface area (Å²) >= 11 is 1.64. The van der Waals surface area contributed by atoms with E-state index in [1.807, 2.05) is 12.4 Å². The van der Waals surface area contributed by atoms with Crippen LogP contribution >= 0.6 is 11.3 Å². The summed E-state index contributed by atoms with van der Waals surface area (Å²) in [5.41, 5.74) is 4.72. The molecule has 0 bridgehead atoms. The summed E-state index contributed by atoms with van der Waals surface area (Å²) in [6, 6.07) is 8.37. The Morgan fingerprint density at radius 1 is 1.36 bits per heavy atom. The molecule has 132 valence electrons. The number of benzene rings is 1. The third kappa shape index (κ3) is 2.99. The number of hydrogen-bond acceptors (Lipinski definition) is 5. The highest BCUT2D eigenvalue weighted by molar-refractivity contribution is 7.13. The van der Waals surface area contributed by atoms with Crippen molar-refractivity contribution < 1.29 is 9.90 Å². The minimum absolute atomic E-state index is 0.0760. The second-order valence-corrected chi connectivity index (χ2v) is 7.96. The van der Waals surface area contributed by atoms with Gasteiger partial charge in [-0.3, -0.25) is 10.1 Å². The SMILES string of the molecule is Cc1ncsc1-c1ccc(C2(C(=O)N[C@H]3C[C@@H](O)CN3)CCC2)cc1. The Labute approximate surface area is 151 Å². The van der Waals surface area contributed by atoms with E-state index in [4.69, 9.17) is 0 Å². The molecule has 1 aromatic heterocycles. The van der Waals surface area contributed by atoms with Gasteiger partial charge in [-0.05, 0) is 30.9 Å². The lowest BCUT2D eigenvalue weighted by Crippen LogP contribution is -2.54. The number of nitrogens with one attached hydrogen (secondary N) is 2. The van der Waals surface area contributed by atoms with Gasteiger partial charge in [0, 0.05) is 13.0 Å². The van der Waals surface area contributed by atoms with Crippen LogP contribution in [0.3, 0.4) is 0 Å². The number of hydrogen-bond donors (Lipinski definition) is 3. The van der Waals surface area contributed by atoms with Crippen LogP contribution in [0.1, 0.15) is 36.9 Å². The minimum atomic E-state index is -0.420. The van der Waals surface area contributed by atoms with Gasteiger partial charge in [-0.25, -0.2) is 4.98 Å². The van der Waals surface area contributed by atoms with Gasteiger partial charge in [-0.2, -0.15) is 0 Å². The lowest BCUT2D eigenvalue weighted by atomic mass is 9.63. The Balaban J connectivity index is 1.54. The molecule has 5 nitrogen and oxygen atoms in total. The zero-order valence-corrected chi connectivity index (χ0v) is 15.1. The molecule has 4 rings (SSSR count). The molecule has 3 N–H and O–H groups in total. The zero-order valence-electron chi connectivity index (χ0n) is 14.3. The Hall–Kier alpha value is -1.76. The van der Waals surface area contributed by atoms with E-state index in [9.17, 15) is 9.90 Å². The van der Waals surface area contributed by atoms with Gasteiger partial charge in [0.05, 0.1) is 33.8 Å². The number of aliphatic hydroxyl groups is 1. The summed E-state index contributed by atoms with van der Waals surface area (Å²) in [7, 11) is 0. The van der Waals surface area contributed by atoms with Crippen LogP contribution in [0, 0.1) is 6.92 Å². The van der Waals surface area contributed by atoms with Crippen molar-refractivity contribution >= 4 is 17.2 Å². The van der Waals surface area contributed by atoms with Gasteiger partial charge in [0.25, 0.3) is 0 Å². The number of β-amino-alcohol motifs (C(OH)–C–C–N with tert-alkyl or cyclic N) is 1. The van der Waals surface area contributed by atoms with Crippen molar-refractivity contribution in [2.75, 3.05) is 6.54 Å². The largest absolute Gasteiger partial charge is 0.392 e. The second-order valence-electron chi connectivity index (χ2n) is 7.10. The highest BCUT2D eigenvalue weighted by Crippen LogP contribution is 2.44. The summed E-state index contributed by atoms with van der Waals surface area (Å²) in [4.78, 5) is 18.4. The molecule has 0 unspecified atom stereocenters. The maximum absolute atomic E-state index is 12.9. The molecule has 0 spiro atoms. The molecular weight excluding hydrogens is 334 g/mol. The molecule has 1 aromatic carbocycles. The molecular formula is C19H23N3O2S. The molecule has 2 fully saturated rings. The maximum Gasteiger partial charge on any atom is 0.231 e. The van der Waals surface area contributed by atoms with E-state index in [2.05, 4.69) is 39.9 Å². The fourth-order valence-electron chi connectivity index (χ4n) is 3.82. The van der Waals surface area contributed by atoms with Gasteiger partial charge in [0.2, 0.25) is 5.91 Å². The highest BCUT2D eigenvalue weighted by atomic mass is 32.1. The third-order valence-corrected chi connectivity index (χ3v) is 6.48. The van der Waals surface area contributed by atoms with Crippen LogP contribution in [-0.2, 0) is 10.2 Å². The first-order valence-electron chi connectivity index (χ1n) is 8.82. The fraction of sp³-hybridized carbons (Fsp3) is 0.474. The third-order valence-electron chi connectivity index (χ3n) is 5.50. The quantitative estimate of drug-likeness (QED) is 0.785. The molecule has 0 radical (unpaired) electrons.